The smallest absolute Gasteiger partial charge is 0.339 e. The fourth-order valence-electron chi connectivity index (χ4n) is 2.94. The molecule has 1 aromatic heterocycles. The molecule has 0 unspecified atom stereocenters. The predicted molar refractivity (Wildman–Crippen MR) is 93.5 cm³/mol. The number of nitrogens with one attached hydrogen (secondary N) is 1. The number of fused-ring (bicyclic) bond motifs is 1. The fraction of sp³-hybridized carbons (Fsp3) is 0.412. The van der Waals surface area contributed by atoms with Crippen LogP contribution in [-0.2, 0) is 4.74 Å². The molecule has 7 heteroatoms. The summed E-state index contributed by atoms with van der Waals surface area (Å²) in [5, 5.41) is 13.4. The second kappa shape index (κ2) is 7.46. The third-order valence-corrected chi connectivity index (χ3v) is 4.22. The number of pyridine rings is 1. The Morgan fingerprint density at radius 1 is 1.38 bits per heavy atom. The lowest BCUT2D eigenvalue weighted by Crippen LogP contribution is -2.37. The van der Waals surface area contributed by atoms with Crippen molar-refractivity contribution in [3.05, 3.63) is 30.0 Å². The van der Waals surface area contributed by atoms with Crippen LogP contribution in [-0.4, -0.2) is 60.4 Å². The molecule has 1 fully saturated rings. The van der Waals surface area contributed by atoms with Gasteiger partial charge in [-0.25, -0.2) is 4.79 Å². The van der Waals surface area contributed by atoms with E-state index in [0.29, 0.717) is 23.4 Å². The summed E-state index contributed by atoms with van der Waals surface area (Å²) in [6, 6.07) is 5.41. The van der Waals surface area contributed by atoms with Gasteiger partial charge in [0.2, 0.25) is 0 Å². The third kappa shape index (κ3) is 3.58. The standard InChI is InChI=1S/C17H22N4O3/c18-14-4-1-3-12-15(13(17(22)23)11-20-16(12)14)19-5-2-6-21-7-9-24-10-8-21/h1,3-4,11H,2,5-10,18H2,(H,19,20)(H,22,23). The van der Waals surface area contributed by atoms with Gasteiger partial charge in [0.15, 0.2) is 0 Å². The highest BCUT2D eigenvalue weighted by molar-refractivity contribution is 6.06. The molecule has 0 spiro atoms. The van der Waals surface area contributed by atoms with Crippen LogP contribution in [0.4, 0.5) is 11.4 Å². The third-order valence-electron chi connectivity index (χ3n) is 4.22. The van der Waals surface area contributed by atoms with Gasteiger partial charge in [0.25, 0.3) is 0 Å². The number of benzene rings is 1. The highest BCUT2D eigenvalue weighted by Gasteiger charge is 2.16. The van der Waals surface area contributed by atoms with Gasteiger partial charge >= 0.3 is 5.97 Å². The van der Waals surface area contributed by atoms with E-state index in [2.05, 4.69) is 15.2 Å². The number of aromatic carboxylic acids is 1. The molecule has 1 saturated heterocycles. The van der Waals surface area contributed by atoms with Crippen LogP contribution >= 0.6 is 0 Å². The zero-order chi connectivity index (χ0) is 16.9. The zero-order valence-electron chi connectivity index (χ0n) is 13.5. The Hall–Kier alpha value is -2.38. The van der Waals surface area contributed by atoms with Crippen LogP contribution in [0.2, 0.25) is 0 Å². The van der Waals surface area contributed by atoms with Crippen LogP contribution in [0, 0.1) is 0 Å². The number of rotatable bonds is 6. The normalized spacial score (nSPS) is 15.5. The number of para-hydroxylation sites is 1. The van der Waals surface area contributed by atoms with Gasteiger partial charge in [-0.15, -0.1) is 0 Å². The van der Waals surface area contributed by atoms with Crippen molar-refractivity contribution in [2.24, 2.45) is 0 Å². The van der Waals surface area contributed by atoms with Crippen molar-refractivity contribution in [2.75, 3.05) is 50.4 Å². The Balaban J connectivity index is 1.73. The van der Waals surface area contributed by atoms with Gasteiger partial charge < -0.3 is 20.9 Å². The number of nitrogens with zero attached hydrogens (tertiary/aromatic N) is 2. The zero-order valence-corrected chi connectivity index (χ0v) is 13.5. The highest BCUT2D eigenvalue weighted by atomic mass is 16.5. The van der Waals surface area contributed by atoms with E-state index in [-0.39, 0.29) is 5.56 Å². The van der Waals surface area contributed by atoms with Crippen molar-refractivity contribution in [2.45, 2.75) is 6.42 Å². The average molecular weight is 330 g/mol. The molecule has 0 radical (unpaired) electrons. The monoisotopic (exact) mass is 330 g/mol. The van der Waals surface area contributed by atoms with Crippen LogP contribution in [0.3, 0.4) is 0 Å². The number of carboxylic acid groups (broad SMARTS) is 1. The van der Waals surface area contributed by atoms with E-state index in [1.807, 2.05) is 12.1 Å². The fourth-order valence-corrected chi connectivity index (χ4v) is 2.94. The predicted octanol–water partition coefficient (Wildman–Crippen LogP) is 1.65. The summed E-state index contributed by atoms with van der Waals surface area (Å²) >= 11 is 0. The quantitative estimate of drug-likeness (QED) is 0.547. The number of aromatic nitrogens is 1. The van der Waals surface area contributed by atoms with E-state index in [1.54, 1.807) is 6.07 Å². The lowest BCUT2D eigenvalue weighted by Gasteiger charge is -2.26. The van der Waals surface area contributed by atoms with Crippen molar-refractivity contribution >= 4 is 28.2 Å². The molecule has 1 aliphatic heterocycles. The van der Waals surface area contributed by atoms with Crippen LogP contribution in [0.5, 0.6) is 0 Å². The van der Waals surface area contributed by atoms with E-state index in [9.17, 15) is 9.90 Å². The molecular weight excluding hydrogens is 308 g/mol. The topological polar surface area (TPSA) is 101 Å². The summed E-state index contributed by atoms with van der Waals surface area (Å²) in [6.45, 7) is 5.12. The molecule has 0 saturated carbocycles. The molecule has 7 nitrogen and oxygen atoms in total. The van der Waals surface area contributed by atoms with Gasteiger partial charge in [-0.3, -0.25) is 9.88 Å². The average Bonchev–Trinajstić information content (AvgIpc) is 2.59. The Labute approximate surface area is 140 Å². The maximum atomic E-state index is 11.5. The number of ether oxygens (including phenoxy) is 1. The molecule has 1 aromatic carbocycles. The van der Waals surface area contributed by atoms with Crippen LogP contribution in [0.15, 0.2) is 24.4 Å². The molecule has 24 heavy (non-hydrogen) atoms. The van der Waals surface area contributed by atoms with Crippen molar-refractivity contribution in [3.63, 3.8) is 0 Å². The van der Waals surface area contributed by atoms with E-state index in [1.165, 1.54) is 6.20 Å². The van der Waals surface area contributed by atoms with Crippen molar-refractivity contribution < 1.29 is 14.6 Å². The van der Waals surface area contributed by atoms with Crippen LogP contribution < -0.4 is 11.1 Å². The Morgan fingerprint density at radius 2 is 2.17 bits per heavy atom. The van der Waals surface area contributed by atoms with Gasteiger partial charge in [-0.1, -0.05) is 12.1 Å². The number of morpholine rings is 1. The molecule has 0 aliphatic carbocycles. The molecule has 2 heterocycles. The summed E-state index contributed by atoms with van der Waals surface area (Å²) < 4.78 is 5.34. The molecular formula is C17H22N4O3. The summed E-state index contributed by atoms with van der Waals surface area (Å²) in [5.74, 6) is -0.998. The Bertz CT molecular complexity index is 729. The molecule has 0 amide bonds. The highest BCUT2D eigenvalue weighted by Crippen LogP contribution is 2.29. The second-order valence-electron chi connectivity index (χ2n) is 5.83. The number of carboxylic acids is 1. The molecule has 128 valence electrons. The van der Waals surface area contributed by atoms with Crippen molar-refractivity contribution in [1.29, 1.82) is 0 Å². The van der Waals surface area contributed by atoms with E-state index in [4.69, 9.17) is 10.5 Å². The van der Waals surface area contributed by atoms with Crippen LogP contribution in [0.1, 0.15) is 16.8 Å². The summed E-state index contributed by atoms with van der Waals surface area (Å²) in [6.07, 6.45) is 2.29. The van der Waals surface area contributed by atoms with E-state index >= 15 is 0 Å². The number of hydrogen-bond acceptors (Lipinski definition) is 6. The van der Waals surface area contributed by atoms with Gasteiger partial charge in [-0.2, -0.15) is 0 Å². The number of anilines is 2. The number of hydrogen-bond donors (Lipinski definition) is 3. The van der Waals surface area contributed by atoms with Gasteiger partial charge in [0, 0.05) is 31.2 Å². The molecule has 4 N–H and O–H groups in total. The van der Waals surface area contributed by atoms with Gasteiger partial charge in [0.05, 0.1) is 30.1 Å². The summed E-state index contributed by atoms with van der Waals surface area (Å²) in [7, 11) is 0. The Kier molecular flexibility index (Phi) is 5.12. The molecule has 0 bridgehead atoms. The lowest BCUT2D eigenvalue weighted by molar-refractivity contribution is 0.0378. The first-order valence-electron chi connectivity index (χ1n) is 8.11. The second-order valence-corrected chi connectivity index (χ2v) is 5.83. The van der Waals surface area contributed by atoms with Crippen molar-refractivity contribution in [3.8, 4) is 0 Å². The molecule has 1 aliphatic rings. The summed E-state index contributed by atoms with van der Waals surface area (Å²) in [5.41, 5.74) is 7.86. The molecule has 3 rings (SSSR count). The van der Waals surface area contributed by atoms with Crippen molar-refractivity contribution in [1.82, 2.24) is 9.88 Å². The largest absolute Gasteiger partial charge is 0.478 e. The number of nitrogens with two attached hydrogens (primary N) is 1. The first kappa shape index (κ1) is 16.5. The minimum absolute atomic E-state index is 0.166. The number of nitrogen functional groups attached to an aromatic ring is 1. The lowest BCUT2D eigenvalue weighted by atomic mass is 10.1. The van der Waals surface area contributed by atoms with Gasteiger partial charge in [-0.05, 0) is 19.0 Å². The first-order chi connectivity index (χ1) is 11.7. The maximum Gasteiger partial charge on any atom is 0.339 e. The number of carbonyl (C=O) groups is 1. The van der Waals surface area contributed by atoms with Crippen LogP contribution in [0.25, 0.3) is 10.9 Å². The maximum absolute atomic E-state index is 11.5. The minimum Gasteiger partial charge on any atom is -0.478 e. The first-order valence-corrected chi connectivity index (χ1v) is 8.11. The van der Waals surface area contributed by atoms with E-state index < -0.39 is 5.97 Å². The SMILES string of the molecule is Nc1cccc2c(NCCCN3CCOCC3)c(C(=O)O)cnc12. The Morgan fingerprint density at radius 3 is 2.92 bits per heavy atom. The van der Waals surface area contributed by atoms with Gasteiger partial charge in [0.1, 0.15) is 5.56 Å². The van der Waals surface area contributed by atoms with E-state index in [0.717, 1.165) is 44.7 Å². The minimum atomic E-state index is -0.998. The summed E-state index contributed by atoms with van der Waals surface area (Å²) in [4.78, 5) is 18.0. The molecule has 0 atom stereocenters. The molecule has 2 aromatic rings.